The predicted octanol–water partition coefficient (Wildman–Crippen LogP) is 5.91. The van der Waals surface area contributed by atoms with Crippen molar-refractivity contribution in [2.45, 2.75) is 49.7 Å². The molecule has 0 radical (unpaired) electrons. The largest absolute Gasteiger partial charge is 0.497 e. The van der Waals surface area contributed by atoms with Crippen LogP contribution in [-0.2, 0) is 26.9 Å². The van der Waals surface area contributed by atoms with Crippen LogP contribution in [0.2, 0.25) is 5.02 Å². The quantitative estimate of drug-likeness (QED) is 0.209. The number of oxazole rings is 1. The van der Waals surface area contributed by atoms with Crippen molar-refractivity contribution in [2.24, 2.45) is 5.92 Å². The van der Waals surface area contributed by atoms with E-state index in [1.165, 1.54) is 31.6 Å². The minimum atomic E-state index is -4.43. The summed E-state index contributed by atoms with van der Waals surface area (Å²) in [6, 6.07) is 16.2. The van der Waals surface area contributed by atoms with Crippen molar-refractivity contribution in [1.29, 1.82) is 0 Å². The van der Waals surface area contributed by atoms with Crippen molar-refractivity contribution >= 4 is 33.2 Å². The van der Waals surface area contributed by atoms with E-state index in [2.05, 4.69) is 24.1 Å². The van der Waals surface area contributed by atoms with Crippen LogP contribution in [0.4, 0.5) is 5.69 Å². The van der Waals surface area contributed by atoms with Crippen LogP contribution in [0.15, 0.2) is 82.4 Å². The molecule has 242 valence electrons. The summed E-state index contributed by atoms with van der Waals surface area (Å²) in [6.07, 6.45) is 4.46. The molecule has 4 aromatic rings. The smallest absolute Gasteiger partial charge is 0.271 e. The number of rotatable bonds is 11. The highest BCUT2D eigenvalue weighted by Crippen LogP contribution is 2.56. The molecule has 2 aliphatic heterocycles. The van der Waals surface area contributed by atoms with Gasteiger partial charge in [0.25, 0.3) is 15.9 Å². The van der Waals surface area contributed by atoms with E-state index in [4.69, 9.17) is 25.5 Å². The summed E-state index contributed by atoms with van der Waals surface area (Å²) in [6.45, 7) is 6.09. The first-order valence-corrected chi connectivity index (χ1v) is 17.0. The molecule has 1 aromatic heterocycles. The van der Waals surface area contributed by atoms with Gasteiger partial charge in [0.1, 0.15) is 17.8 Å². The number of carbonyl (C=O) groups is 1. The zero-order chi connectivity index (χ0) is 32.6. The van der Waals surface area contributed by atoms with Crippen molar-refractivity contribution in [3.63, 3.8) is 0 Å². The number of anilines is 1. The van der Waals surface area contributed by atoms with Crippen molar-refractivity contribution in [3.05, 3.63) is 101 Å². The van der Waals surface area contributed by atoms with E-state index >= 15 is 4.79 Å². The van der Waals surface area contributed by atoms with Crippen LogP contribution in [0.5, 0.6) is 11.5 Å². The number of aromatic nitrogens is 1. The second-order valence-corrected chi connectivity index (χ2v) is 14.1. The zero-order valence-corrected chi connectivity index (χ0v) is 27.8. The number of hydrogen-bond acceptors (Lipinski definition) is 9. The molecule has 2 atom stereocenters. The van der Waals surface area contributed by atoms with Crippen molar-refractivity contribution in [2.75, 3.05) is 31.6 Å². The minimum Gasteiger partial charge on any atom is -0.497 e. The average molecular weight is 665 g/mol. The summed E-state index contributed by atoms with van der Waals surface area (Å²) in [5, 5.41) is 3.77. The van der Waals surface area contributed by atoms with Gasteiger partial charge in [0.2, 0.25) is 5.89 Å². The summed E-state index contributed by atoms with van der Waals surface area (Å²) >= 11 is 6.53. The van der Waals surface area contributed by atoms with Gasteiger partial charge in [0, 0.05) is 29.2 Å². The average Bonchev–Trinajstić information content (AvgIpc) is 3.79. The maximum Gasteiger partial charge on any atom is 0.271 e. The van der Waals surface area contributed by atoms with Gasteiger partial charge in [-0.1, -0.05) is 37.6 Å². The molecule has 1 N–H and O–H groups in total. The Hall–Kier alpha value is -3.90. The third kappa shape index (κ3) is 5.34. The Morgan fingerprint density at radius 3 is 2.52 bits per heavy atom. The number of likely N-dealkylation sites (tertiary alicyclic amines) is 1. The van der Waals surface area contributed by atoms with Gasteiger partial charge in [-0.3, -0.25) is 9.69 Å². The molecule has 1 fully saturated rings. The fraction of sp³-hybridized carbons (Fsp3) is 0.353. The third-order valence-corrected chi connectivity index (χ3v) is 10.6. The van der Waals surface area contributed by atoms with E-state index in [1.54, 1.807) is 37.6 Å². The number of sulfonamides is 1. The number of hydrogen-bond donors (Lipinski definition) is 1. The minimum absolute atomic E-state index is 0.0624. The normalized spacial score (nSPS) is 20.0. The van der Waals surface area contributed by atoms with Gasteiger partial charge in [0.05, 0.1) is 37.0 Å². The number of nitrogens with one attached hydrogen (secondary N) is 1. The third-order valence-electron chi connectivity index (χ3n) is 8.62. The number of carbonyl (C=O) groups excluding carboxylic acids is 1. The van der Waals surface area contributed by atoms with Crippen LogP contribution in [-0.4, -0.2) is 51.5 Å². The first kappa shape index (κ1) is 32.1. The number of nitrogens with zero attached hydrogens (tertiary/aromatic N) is 3. The molecule has 12 heteroatoms. The van der Waals surface area contributed by atoms with Gasteiger partial charge in [-0.05, 0) is 79.4 Å². The van der Waals surface area contributed by atoms with Crippen LogP contribution < -0.4 is 19.1 Å². The molecule has 0 bridgehead atoms. The van der Waals surface area contributed by atoms with E-state index in [9.17, 15) is 8.42 Å². The second kappa shape index (κ2) is 12.7. The summed E-state index contributed by atoms with van der Waals surface area (Å²) in [5.41, 5.74) is 0.467. The molecule has 1 amide bonds. The molecule has 10 nitrogen and oxygen atoms in total. The van der Waals surface area contributed by atoms with Crippen LogP contribution >= 0.6 is 11.6 Å². The highest BCUT2D eigenvalue weighted by atomic mass is 35.5. The Bertz CT molecular complexity index is 1830. The molecule has 1 unspecified atom stereocenters. The first-order chi connectivity index (χ1) is 22.1. The fourth-order valence-corrected chi connectivity index (χ4v) is 8.23. The zero-order valence-electron chi connectivity index (χ0n) is 26.2. The van der Waals surface area contributed by atoms with E-state index in [1.807, 2.05) is 23.1 Å². The molecular formula is C34H37ClN4O6S. The van der Waals surface area contributed by atoms with Gasteiger partial charge < -0.3 is 19.2 Å². The Labute approximate surface area is 274 Å². The van der Waals surface area contributed by atoms with Crippen LogP contribution in [0.1, 0.15) is 55.3 Å². The molecule has 3 heterocycles. The number of fused-ring (bicyclic) bond motifs is 1. The lowest BCUT2D eigenvalue weighted by atomic mass is 9.80. The number of amides is 1. The Morgan fingerprint density at radius 2 is 1.85 bits per heavy atom. The topological polar surface area (TPSA) is 114 Å². The van der Waals surface area contributed by atoms with E-state index in [0.717, 1.165) is 22.8 Å². The molecule has 46 heavy (non-hydrogen) atoms. The molecule has 6 rings (SSSR count). The van der Waals surface area contributed by atoms with Gasteiger partial charge in [-0.15, -0.1) is 0 Å². The van der Waals surface area contributed by atoms with Crippen LogP contribution in [0.25, 0.3) is 0 Å². The van der Waals surface area contributed by atoms with Crippen molar-refractivity contribution < 1.29 is 27.1 Å². The SMILES string of the molecule is COc1ccc(S(=O)(=O)N2C(=O)C(c3cc(CNCC(C)C)ccc3OC)(N3CCC[C@H]3c3ncco3)c3ccc(Cl)cc32)cc1. The Balaban J connectivity index is 1.62. The molecule has 0 spiro atoms. The molecule has 0 aliphatic carbocycles. The standard InChI is InChI=1S/C34H37ClN4O6S/c1-22(2)20-36-21-23-7-14-31(44-4)28(18-23)34(38-16-5-6-29(38)32-37-15-17-45-32)27-13-8-24(35)19-30(27)39(33(34)40)46(41,42)26-11-9-25(43-3)10-12-26/h7-15,17-19,22,29,36H,5-6,16,20-21H2,1-4H3/t29-,34?/m0/s1. The highest BCUT2D eigenvalue weighted by molar-refractivity contribution is 7.93. The molecule has 0 saturated carbocycles. The van der Waals surface area contributed by atoms with Gasteiger partial charge in [0.15, 0.2) is 5.54 Å². The number of ether oxygens (including phenoxy) is 2. The molecule has 3 aromatic carbocycles. The summed E-state index contributed by atoms with van der Waals surface area (Å²) < 4.78 is 46.9. The Kier molecular flexibility index (Phi) is 8.86. The lowest BCUT2D eigenvalue weighted by Gasteiger charge is -2.41. The monoisotopic (exact) mass is 664 g/mol. The second-order valence-electron chi connectivity index (χ2n) is 11.9. The van der Waals surface area contributed by atoms with E-state index in [0.29, 0.717) is 59.0 Å². The van der Waals surface area contributed by atoms with Gasteiger partial charge in [-0.25, -0.2) is 17.7 Å². The highest BCUT2D eigenvalue weighted by Gasteiger charge is 2.62. The molecular weight excluding hydrogens is 628 g/mol. The number of methoxy groups -OCH3 is 2. The van der Waals surface area contributed by atoms with E-state index < -0.39 is 27.5 Å². The number of halogens is 1. The fourth-order valence-electron chi connectivity index (χ4n) is 6.61. The van der Waals surface area contributed by atoms with Gasteiger partial charge in [-0.2, -0.15) is 0 Å². The van der Waals surface area contributed by atoms with Crippen molar-refractivity contribution in [3.8, 4) is 11.5 Å². The predicted molar refractivity (Wildman–Crippen MR) is 175 cm³/mol. The molecule has 2 aliphatic rings. The summed E-state index contributed by atoms with van der Waals surface area (Å²) in [5.74, 6) is 1.17. The van der Waals surface area contributed by atoms with Crippen molar-refractivity contribution in [1.82, 2.24) is 15.2 Å². The number of benzene rings is 3. The van der Waals surface area contributed by atoms with Gasteiger partial charge >= 0.3 is 0 Å². The van der Waals surface area contributed by atoms with E-state index in [-0.39, 0.29) is 10.6 Å². The summed E-state index contributed by atoms with van der Waals surface area (Å²) in [4.78, 5) is 21.9. The lowest BCUT2D eigenvalue weighted by molar-refractivity contribution is -0.127. The van der Waals surface area contributed by atoms with Crippen LogP contribution in [0, 0.1) is 5.92 Å². The lowest BCUT2D eigenvalue weighted by Crippen LogP contribution is -2.54. The molecule has 1 saturated heterocycles. The maximum absolute atomic E-state index is 15.4. The maximum atomic E-state index is 15.4. The summed E-state index contributed by atoms with van der Waals surface area (Å²) in [7, 11) is -1.38. The Morgan fingerprint density at radius 1 is 1.07 bits per heavy atom. The van der Waals surface area contributed by atoms with Crippen LogP contribution in [0.3, 0.4) is 0 Å². The first-order valence-electron chi connectivity index (χ1n) is 15.2.